The minimum absolute atomic E-state index is 0.129. The number of hydrogen-bond acceptors (Lipinski definition) is 7. The fourth-order valence-corrected chi connectivity index (χ4v) is 4.34. The van der Waals surface area contributed by atoms with Crippen LogP contribution < -0.4 is 20.1 Å². The van der Waals surface area contributed by atoms with Crippen LogP contribution in [0.1, 0.15) is 47.1 Å². The van der Waals surface area contributed by atoms with Gasteiger partial charge in [-0.2, -0.15) is 0 Å². The van der Waals surface area contributed by atoms with Gasteiger partial charge in [0.15, 0.2) is 16.6 Å². The summed E-state index contributed by atoms with van der Waals surface area (Å²) >= 11 is 1.16. The van der Waals surface area contributed by atoms with Crippen LogP contribution in [0.2, 0.25) is 0 Å². The summed E-state index contributed by atoms with van der Waals surface area (Å²) in [5.74, 6) is 0.935. The number of anilines is 1. The van der Waals surface area contributed by atoms with Crippen LogP contribution in [0.15, 0.2) is 18.2 Å². The molecule has 2 aliphatic rings. The Balaban J connectivity index is 1.53. The van der Waals surface area contributed by atoms with Gasteiger partial charge < -0.3 is 25.2 Å². The molecule has 1 aromatic carbocycles. The van der Waals surface area contributed by atoms with Gasteiger partial charge in [0.25, 0.3) is 5.91 Å². The highest BCUT2D eigenvalue weighted by molar-refractivity contribution is 7.17. The molecule has 2 amide bonds. The number of nitrogens with zero attached hydrogens (tertiary/aromatic N) is 1. The monoisotopic (exact) mass is 417 g/mol. The van der Waals surface area contributed by atoms with Crippen LogP contribution in [0.4, 0.5) is 5.13 Å². The third kappa shape index (κ3) is 3.79. The quantitative estimate of drug-likeness (QED) is 0.608. The number of rotatable bonds is 8. The summed E-state index contributed by atoms with van der Waals surface area (Å²) in [6, 6.07) is 5.60. The normalized spacial score (nSPS) is 15.8. The lowest BCUT2D eigenvalue weighted by Gasteiger charge is -2.15. The van der Waals surface area contributed by atoms with Crippen molar-refractivity contribution < 1.29 is 24.2 Å². The Bertz CT molecular complexity index is 938. The Morgan fingerprint density at radius 1 is 1.28 bits per heavy atom. The first-order valence-corrected chi connectivity index (χ1v) is 10.5. The van der Waals surface area contributed by atoms with Crippen molar-refractivity contribution in [2.45, 2.75) is 38.0 Å². The molecule has 2 heterocycles. The standard InChI is InChI=1S/C20H23N3O5S/c1-2-3-13-16(17(25)21-8-9-24)29-19(22-13)23-18(26)20(6-7-20)12-4-5-14-15(10-12)28-11-27-14/h4-5,10,24H,2-3,6-9,11H2,1H3,(H,21,25)(H,22,23,26). The van der Waals surface area contributed by atoms with Gasteiger partial charge in [-0.25, -0.2) is 4.98 Å². The smallest absolute Gasteiger partial charge is 0.263 e. The molecule has 0 unspecified atom stereocenters. The lowest BCUT2D eigenvalue weighted by molar-refractivity contribution is -0.118. The number of carbonyl (C=O) groups excluding carboxylic acids is 2. The number of fused-ring (bicyclic) bond motifs is 1. The molecule has 9 heteroatoms. The maximum absolute atomic E-state index is 13.1. The van der Waals surface area contributed by atoms with E-state index in [1.807, 2.05) is 25.1 Å². The Kier molecular flexibility index (Phi) is 5.42. The number of aliphatic hydroxyl groups is 1. The Morgan fingerprint density at radius 3 is 2.79 bits per heavy atom. The van der Waals surface area contributed by atoms with Gasteiger partial charge in [0.05, 0.1) is 17.7 Å². The number of nitrogens with one attached hydrogen (secondary N) is 2. The van der Waals surface area contributed by atoms with E-state index in [9.17, 15) is 9.59 Å². The molecule has 1 aliphatic heterocycles. The molecule has 3 N–H and O–H groups in total. The summed E-state index contributed by atoms with van der Waals surface area (Å²) in [5, 5.41) is 14.9. The van der Waals surface area contributed by atoms with Crippen molar-refractivity contribution >= 4 is 28.3 Å². The zero-order valence-corrected chi connectivity index (χ0v) is 16.9. The van der Waals surface area contributed by atoms with Crippen LogP contribution in [0.25, 0.3) is 0 Å². The van der Waals surface area contributed by atoms with Crippen LogP contribution in [0.5, 0.6) is 11.5 Å². The van der Waals surface area contributed by atoms with E-state index in [0.717, 1.165) is 36.2 Å². The Morgan fingerprint density at radius 2 is 2.07 bits per heavy atom. The van der Waals surface area contributed by atoms with Gasteiger partial charge in [-0.15, -0.1) is 0 Å². The number of benzene rings is 1. The Hall–Kier alpha value is -2.65. The second-order valence-corrected chi connectivity index (χ2v) is 8.13. The minimum atomic E-state index is -0.600. The molecule has 1 aromatic heterocycles. The highest BCUT2D eigenvalue weighted by atomic mass is 32.1. The van der Waals surface area contributed by atoms with Gasteiger partial charge in [-0.3, -0.25) is 9.59 Å². The summed E-state index contributed by atoms with van der Waals surface area (Å²) in [7, 11) is 0. The van der Waals surface area contributed by atoms with Gasteiger partial charge in [-0.1, -0.05) is 30.7 Å². The zero-order valence-electron chi connectivity index (χ0n) is 16.1. The average molecular weight is 417 g/mol. The molecule has 29 heavy (non-hydrogen) atoms. The molecule has 8 nitrogen and oxygen atoms in total. The van der Waals surface area contributed by atoms with E-state index in [-0.39, 0.29) is 31.8 Å². The zero-order chi connectivity index (χ0) is 20.4. The molecule has 154 valence electrons. The van der Waals surface area contributed by atoms with E-state index in [2.05, 4.69) is 15.6 Å². The molecule has 1 saturated carbocycles. The predicted molar refractivity (Wildman–Crippen MR) is 108 cm³/mol. The largest absolute Gasteiger partial charge is 0.454 e. The molecule has 1 fully saturated rings. The van der Waals surface area contributed by atoms with Crippen LogP contribution in [-0.2, 0) is 16.6 Å². The predicted octanol–water partition coefficient (Wildman–Crippen LogP) is 2.22. The third-order valence-corrected chi connectivity index (χ3v) is 6.13. The number of amides is 2. The van der Waals surface area contributed by atoms with Crippen molar-refractivity contribution in [3.63, 3.8) is 0 Å². The molecular weight excluding hydrogens is 394 g/mol. The van der Waals surface area contributed by atoms with Crippen LogP contribution in [-0.4, -0.2) is 41.8 Å². The first-order chi connectivity index (χ1) is 14.1. The summed E-state index contributed by atoms with van der Waals surface area (Å²) in [6.07, 6.45) is 2.96. The topological polar surface area (TPSA) is 110 Å². The first-order valence-electron chi connectivity index (χ1n) is 9.67. The molecule has 2 aromatic rings. The van der Waals surface area contributed by atoms with Gasteiger partial charge in [0.1, 0.15) is 4.88 Å². The van der Waals surface area contributed by atoms with Crippen LogP contribution in [0.3, 0.4) is 0 Å². The molecule has 0 radical (unpaired) electrons. The van der Waals surface area contributed by atoms with E-state index < -0.39 is 5.41 Å². The number of aromatic nitrogens is 1. The summed E-state index contributed by atoms with van der Waals surface area (Å²) in [6.45, 7) is 2.25. The van der Waals surface area contributed by atoms with E-state index in [1.165, 1.54) is 0 Å². The number of ether oxygens (including phenoxy) is 2. The minimum Gasteiger partial charge on any atom is -0.454 e. The molecule has 0 atom stereocenters. The lowest BCUT2D eigenvalue weighted by Crippen LogP contribution is -2.27. The molecule has 1 aliphatic carbocycles. The van der Waals surface area contributed by atoms with Crippen molar-refractivity contribution in [3.8, 4) is 11.5 Å². The average Bonchev–Trinajstić information content (AvgIpc) is 3.24. The molecular formula is C20H23N3O5S. The van der Waals surface area contributed by atoms with Gasteiger partial charge in [0.2, 0.25) is 12.7 Å². The van der Waals surface area contributed by atoms with Crippen molar-refractivity contribution in [2.75, 3.05) is 25.3 Å². The van der Waals surface area contributed by atoms with Crippen molar-refractivity contribution in [3.05, 3.63) is 34.3 Å². The van der Waals surface area contributed by atoms with Gasteiger partial charge in [0, 0.05) is 6.54 Å². The van der Waals surface area contributed by atoms with Crippen LogP contribution in [0, 0.1) is 0 Å². The molecule has 0 spiro atoms. The highest BCUT2D eigenvalue weighted by Gasteiger charge is 2.52. The number of aliphatic hydroxyl groups excluding tert-OH is 1. The molecule has 0 bridgehead atoms. The van der Waals surface area contributed by atoms with Gasteiger partial charge >= 0.3 is 0 Å². The SMILES string of the molecule is CCCc1nc(NC(=O)C2(c3ccc4c(c3)OCO4)CC2)sc1C(=O)NCCO. The molecule has 0 saturated heterocycles. The number of hydrogen-bond donors (Lipinski definition) is 3. The maximum atomic E-state index is 13.1. The van der Waals surface area contributed by atoms with E-state index in [4.69, 9.17) is 14.6 Å². The summed E-state index contributed by atoms with van der Waals surface area (Å²) in [4.78, 5) is 30.4. The number of carbonyl (C=O) groups is 2. The summed E-state index contributed by atoms with van der Waals surface area (Å²) in [5.41, 5.74) is 0.957. The third-order valence-electron chi connectivity index (χ3n) is 5.12. The highest BCUT2D eigenvalue weighted by Crippen LogP contribution is 2.51. The van der Waals surface area contributed by atoms with E-state index >= 15 is 0 Å². The fourth-order valence-electron chi connectivity index (χ4n) is 3.42. The van der Waals surface area contributed by atoms with Crippen molar-refractivity contribution in [1.29, 1.82) is 0 Å². The van der Waals surface area contributed by atoms with Crippen molar-refractivity contribution in [1.82, 2.24) is 10.3 Å². The lowest BCUT2D eigenvalue weighted by atomic mass is 9.94. The number of aryl methyl sites for hydroxylation is 1. The van der Waals surface area contributed by atoms with Gasteiger partial charge in [-0.05, 0) is 37.0 Å². The van der Waals surface area contributed by atoms with Crippen LogP contribution >= 0.6 is 11.3 Å². The first kappa shape index (κ1) is 19.7. The second kappa shape index (κ2) is 8.00. The second-order valence-electron chi connectivity index (χ2n) is 7.13. The van der Waals surface area contributed by atoms with E-state index in [1.54, 1.807) is 0 Å². The maximum Gasteiger partial charge on any atom is 0.263 e. The van der Waals surface area contributed by atoms with Crippen molar-refractivity contribution in [2.24, 2.45) is 0 Å². The number of thiazole rings is 1. The Labute approximate surface area is 172 Å². The fraction of sp³-hybridized carbons (Fsp3) is 0.450. The van der Waals surface area contributed by atoms with E-state index in [0.29, 0.717) is 33.6 Å². The summed E-state index contributed by atoms with van der Waals surface area (Å²) < 4.78 is 10.8. The molecule has 4 rings (SSSR count).